The van der Waals surface area contributed by atoms with Crippen LogP contribution in [-0.4, -0.2) is 59.7 Å². The highest BCUT2D eigenvalue weighted by molar-refractivity contribution is 5.94. The number of carbonyl (C=O) groups excluding carboxylic acids is 3. The van der Waals surface area contributed by atoms with Gasteiger partial charge < -0.3 is 15.1 Å². The van der Waals surface area contributed by atoms with Crippen LogP contribution in [0.2, 0.25) is 0 Å². The van der Waals surface area contributed by atoms with E-state index in [2.05, 4.69) is 26.1 Å². The van der Waals surface area contributed by atoms with Gasteiger partial charge in [0.1, 0.15) is 6.04 Å². The molecule has 2 atom stereocenters. The van der Waals surface area contributed by atoms with Crippen LogP contribution in [0, 0.1) is 11.3 Å². The van der Waals surface area contributed by atoms with Gasteiger partial charge in [-0.1, -0.05) is 48.0 Å². The highest BCUT2D eigenvalue weighted by Crippen LogP contribution is 2.26. The van der Waals surface area contributed by atoms with E-state index in [1.807, 2.05) is 20.8 Å². The number of nitrogens with zero attached hydrogens (tertiary/aromatic N) is 2. The molecule has 0 aromatic rings. The van der Waals surface area contributed by atoms with Gasteiger partial charge in [0, 0.05) is 25.6 Å². The predicted octanol–water partition coefficient (Wildman–Crippen LogP) is 3.45. The van der Waals surface area contributed by atoms with Gasteiger partial charge in [0.2, 0.25) is 5.91 Å². The average Bonchev–Trinajstić information content (AvgIpc) is 3.06. The van der Waals surface area contributed by atoms with Gasteiger partial charge in [0.25, 0.3) is 0 Å². The van der Waals surface area contributed by atoms with Crippen LogP contribution in [0.4, 0.5) is 4.79 Å². The van der Waals surface area contributed by atoms with Crippen molar-refractivity contribution < 1.29 is 14.4 Å². The van der Waals surface area contributed by atoms with Gasteiger partial charge >= 0.3 is 6.03 Å². The molecule has 0 aliphatic carbocycles. The van der Waals surface area contributed by atoms with Crippen LogP contribution in [-0.2, 0) is 9.59 Å². The van der Waals surface area contributed by atoms with Crippen LogP contribution < -0.4 is 5.32 Å². The summed E-state index contributed by atoms with van der Waals surface area (Å²) >= 11 is 0. The zero-order chi connectivity index (χ0) is 20.8. The van der Waals surface area contributed by atoms with Crippen molar-refractivity contribution in [2.24, 2.45) is 11.3 Å². The molecule has 6 heteroatoms. The molecule has 3 amide bonds. The Hall–Kier alpha value is -1.59. The Morgan fingerprint density at radius 3 is 2.37 bits per heavy atom. The molecule has 156 valence electrons. The molecule has 0 unspecified atom stereocenters. The van der Waals surface area contributed by atoms with Crippen molar-refractivity contribution in [3.63, 3.8) is 0 Å². The first-order chi connectivity index (χ1) is 12.5. The molecular formula is C21H39N3O3. The van der Waals surface area contributed by atoms with Crippen molar-refractivity contribution in [2.45, 2.75) is 85.7 Å². The average molecular weight is 382 g/mol. The molecule has 1 saturated heterocycles. The number of likely N-dealkylation sites (tertiary alicyclic amines) is 1. The Balaban J connectivity index is 2.91. The van der Waals surface area contributed by atoms with Gasteiger partial charge in [-0.2, -0.15) is 0 Å². The highest BCUT2D eigenvalue weighted by Gasteiger charge is 2.40. The van der Waals surface area contributed by atoms with Gasteiger partial charge in [-0.25, -0.2) is 4.79 Å². The third-order valence-electron chi connectivity index (χ3n) is 5.16. The van der Waals surface area contributed by atoms with E-state index < -0.39 is 17.5 Å². The summed E-state index contributed by atoms with van der Waals surface area (Å²) in [5.74, 6) is 0.249. The summed E-state index contributed by atoms with van der Waals surface area (Å²) in [4.78, 5) is 41.9. The summed E-state index contributed by atoms with van der Waals surface area (Å²) in [6, 6.07) is -1.10. The molecule has 0 radical (unpaired) electrons. The third-order valence-corrected chi connectivity index (χ3v) is 5.16. The molecule has 1 heterocycles. The maximum absolute atomic E-state index is 13.2. The Morgan fingerprint density at radius 2 is 1.85 bits per heavy atom. The Bertz CT molecular complexity index is 525. The molecule has 27 heavy (non-hydrogen) atoms. The summed E-state index contributed by atoms with van der Waals surface area (Å²) in [6.07, 6.45) is 4.04. The lowest BCUT2D eigenvalue weighted by Crippen LogP contribution is -2.55. The SMILES string of the molecule is CCCCNC(=O)N1CCC[C@H]1C(=O)N(C)[C@H](CC(C)C)C(=O)C(C)(C)C. The normalized spacial score (nSPS) is 18.5. The lowest BCUT2D eigenvalue weighted by molar-refractivity contribution is -0.144. The van der Waals surface area contributed by atoms with Crippen molar-refractivity contribution in [2.75, 3.05) is 20.1 Å². The van der Waals surface area contributed by atoms with Crippen molar-refractivity contribution in [3.8, 4) is 0 Å². The van der Waals surface area contributed by atoms with E-state index in [0.717, 1.165) is 19.3 Å². The molecule has 0 aromatic carbocycles. The molecule has 0 aromatic heterocycles. The predicted molar refractivity (Wildman–Crippen MR) is 109 cm³/mol. The molecule has 0 saturated carbocycles. The second-order valence-corrected chi connectivity index (χ2v) is 9.15. The fraction of sp³-hybridized carbons (Fsp3) is 0.857. The molecular weight excluding hydrogens is 342 g/mol. The van der Waals surface area contributed by atoms with Crippen LogP contribution in [0.25, 0.3) is 0 Å². The minimum absolute atomic E-state index is 0.0731. The molecule has 1 N–H and O–H groups in total. The van der Waals surface area contributed by atoms with Crippen LogP contribution >= 0.6 is 0 Å². The summed E-state index contributed by atoms with van der Waals surface area (Å²) in [6.45, 7) is 13.1. The van der Waals surface area contributed by atoms with Gasteiger partial charge in [-0.3, -0.25) is 9.59 Å². The van der Waals surface area contributed by atoms with Gasteiger partial charge in [-0.15, -0.1) is 0 Å². The summed E-state index contributed by atoms with van der Waals surface area (Å²) < 4.78 is 0. The summed E-state index contributed by atoms with van der Waals surface area (Å²) in [5.41, 5.74) is -0.513. The Morgan fingerprint density at radius 1 is 1.22 bits per heavy atom. The molecule has 1 aliphatic rings. The second kappa shape index (κ2) is 10.1. The fourth-order valence-electron chi connectivity index (χ4n) is 3.52. The first-order valence-electron chi connectivity index (χ1n) is 10.4. The molecule has 0 bridgehead atoms. The Labute approximate surface area is 165 Å². The number of urea groups is 1. The first kappa shape index (κ1) is 23.4. The molecule has 0 spiro atoms. The smallest absolute Gasteiger partial charge is 0.318 e. The monoisotopic (exact) mass is 381 g/mol. The maximum Gasteiger partial charge on any atom is 0.318 e. The summed E-state index contributed by atoms with van der Waals surface area (Å²) in [7, 11) is 1.71. The second-order valence-electron chi connectivity index (χ2n) is 9.15. The minimum Gasteiger partial charge on any atom is -0.338 e. The van der Waals surface area contributed by atoms with Crippen molar-refractivity contribution in [1.82, 2.24) is 15.1 Å². The maximum atomic E-state index is 13.2. The van der Waals surface area contributed by atoms with Gasteiger partial charge in [0.05, 0.1) is 6.04 Å². The fourth-order valence-corrected chi connectivity index (χ4v) is 3.52. The quantitative estimate of drug-likeness (QED) is 0.655. The van der Waals surface area contributed by atoms with Gasteiger partial charge in [0.15, 0.2) is 5.78 Å². The summed E-state index contributed by atoms with van der Waals surface area (Å²) in [5, 5.41) is 2.91. The van der Waals surface area contributed by atoms with Gasteiger partial charge in [-0.05, 0) is 31.6 Å². The molecule has 1 aliphatic heterocycles. The topological polar surface area (TPSA) is 69.7 Å². The number of amides is 3. The number of likely N-dealkylation sites (N-methyl/N-ethyl adjacent to an activating group) is 1. The van der Waals surface area contributed by atoms with Crippen LogP contribution in [0.1, 0.15) is 73.6 Å². The largest absolute Gasteiger partial charge is 0.338 e. The van der Waals surface area contributed by atoms with Crippen LogP contribution in [0.5, 0.6) is 0 Å². The van der Waals surface area contributed by atoms with Crippen LogP contribution in [0.3, 0.4) is 0 Å². The lowest BCUT2D eigenvalue weighted by atomic mass is 9.83. The number of carbonyl (C=O) groups is 3. The molecule has 6 nitrogen and oxygen atoms in total. The van der Waals surface area contributed by atoms with Crippen molar-refractivity contribution in [3.05, 3.63) is 0 Å². The highest BCUT2D eigenvalue weighted by atomic mass is 16.2. The number of unbranched alkanes of at least 4 members (excludes halogenated alkanes) is 1. The first-order valence-corrected chi connectivity index (χ1v) is 10.4. The number of ketones is 1. The zero-order valence-corrected chi connectivity index (χ0v) is 18.3. The molecule has 1 rings (SSSR count). The van der Waals surface area contributed by atoms with E-state index >= 15 is 0 Å². The van der Waals surface area contributed by atoms with Crippen LogP contribution in [0.15, 0.2) is 0 Å². The third kappa shape index (κ3) is 6.51. The van der Waals surface area contributed by atoms with E-state index in [4.69, 9.17) is 0 Å². The number of rotatable bonds is 8. The van der Waals surface area contributed by atoms with E-state index in [-0.39, 0.29) is 17.7 Å². The van der Waals surface area contributed by atoms with E-state index in [1.165, 1.54) is 0 Å². The lowest BCUT2D eigenvalue weighted by Gasteiger charge is -2.36. The van der Waals surface area contributed by atoms with Crippen molar-refractivity contribution >= 4 is 17.7 Å². The van der Waals surface area contributed by atoms with Crippen molar-refractivity contribution in [1.29, 1.82) is 0 Å². The Kier molecular flexibility index (Phi) is 8.76. The number of nitrogens with one attached hydrogen (secondary N) is 1. The standard InChI is InChI=1S/C21H39N3O3/c1-8-9-12-22-20(27)24-13-10-11-16(24)19(26)23(7)17(14-15(2)3)18(25)21(4,5)6/h15-17H,8-14H2,1-7H3,(H,22,27)/t16-,17+/m0/s1. The minimum atomic E-state index is -0.513. The number of hydrogen-bond donors (Lipinski definition) is 1. The van der Waals surface area contributed by atoms with E-state index in [0.29, 0.717) is 31.8 Å². The van der Waals surface area contributed by atoms with E-state index in [1.54, 1.807) is 16.8 Å². The number of Topliss-reactive ketones (excluding diaryl/α,β-unsaturated/α-hetero) is 1. The number of hydrogen-bond acceptors (Lipinski definition) is 3. The molecule has 1 fully saturated rings. The zero-order valence-electron chi connectivity index (χ0n) is 18.3. The van der Waals surface area contributed by atoms with E-state index in [9.17, 15) is 14.4 Å².